The van der Waals surface area contributed by atoms with E-state index in [4.69, 9.17) is 18.6 Å². The standard InChI is InChI=1S/C40H34B2O4/c1-5-16-30(17-6-1)37-38(31-18-7-2-8-19-31)44-41(43-37)28-36(35-26-25-29-15-13-14-24-34(29)27-35)42-45-39(32-20-9-3-10-21-32)40(46-42)33-22-11-4-12-23-33/h1-27,36-40H,28H2/t36-,37-,38-,39-,40-/m1/s1. The van der Waals surface area contributed by atoms with Crippen molar-refractivity contribution < 1.29 is 18.6 Å². The number of fused-ring (bicyclic) bond motifs is 1. The van der Waals surface area contributed by atoms with E-state index in [1.807, 2.05) is 24.3 Å². The van der Waals surface area contributed by atoms with Crippen LogP contribution in [0.5, 0.6) is 0 Å². The minimum absolute atomic E-state index is 0.152. The molecule has 0 aromatic heterocycles. The second-order valence-corrected chi connectivity index (χ2v) is 12.1. The summed E-state index contributed by atoms with van der Waals surface area (Å²) in [6.07, 6.45) is -0.401. The summed E-state index contributed by atoms with van der Waals surface area (Å²) in [4.78, 5) is 0. The minimum atomic E-state index is -0.519. The van der Waals surface area contributed by atoms with Gasteiger partial charge in [-0.15, -0.1) is 0 Å². The van der Waals surface area contributed by atoms with E-state index in [1.54, 1.807) is 0 Å². The van der Waals surface area contributed by atoms with Crippen LogP contribution < -0.4 is 0 Å². The number of benzene rings is 6. The topological polar surface area (TPSA) is 36.9 Å². The molecule has 6 heteroatoms. The van der Waals surface area contributed by atoms with E-state index < -0.39 is 14.2 Å². The number of hydrogen-bond donors (Lipinski definition) is 0. The molecular formula is C40H34B2O4. The highest BCUT2D eigenvalue weighted by Crippen LogP contribution is 2.48. The van der Waals surface area contributed by atoms with Crippen LogP contribution in [0.25, 0.3) is 10.8 Å². The molecule has 0 spiro atoms. The Labute approximate surface area is 271 Å². The monoisotopic (exact) mass is 600 g/mol. The van der Waals surface area contributed by atoms with Crippen molar-refractivity contribution in [3.63, 3.8) is 0 Å². The van der Waals surface area contributed by atoms with Crippen LogP contribution in [-0.4, -0.2) is 14.2 Å². The molecule has 0 N–H and O–H groups in total. The van der Waals surface area contributed by atoms with Crippen LogP contribution in [0.3, 0.4) is 0 Å². The van der Waals surface area contributed by atoms with Crippen LogP contribution in [0, 0.1) is 0 Å². The maximum atomic E-state index is 6.94. The Morgan fingerprint density at radius 2 is 0.804 bits per heavy atom. The van der Waals surface area contributed by atoms with Crippen molar-refractivity contribution in [2.75, 3.05) is 0 Å². The summed E-state index contributed by atoms with van der Waals surface area (Å²) in [6, 6.07) is 56.6. The molecule has 8 rings (SSSR count). The second-order valence-electron chi connectivity index (χ2n) is 12.1. The fraction of sp³-hybridized carbons (Fsp3) is 0.150. The SMILES string of the molecule is c1ccc([C@H]2OB(C[C@@H](B3O[C@H](c4ccccc4)[C@@H](c4ccccc4)O3)c3ccc4ccccc4c3)O[C@@H]2c2ccccc2)cc1. The molecule has 5 atom stereocenters. The Balaban J connectivity index is 1.16. The average molecular weight is 600 g/mol. The molecule has 0 radical (unpaired) electrons. The zero-order valence-electron chi connectivity index (χ0n) is 25.5. The molecule has 2 heterocycles. The maximum Gasteiger partial charge on any atom is 0.465 e. The lowest BCUT2D eigenvalue weighted by Crippen LogP contribution is -2.31. The molecule has 4 nitrogen and oxygen atoms in total. The average Bonchev–Trinajstić information content (AvgIpc) is 3.77. The first-order valence-electron chi connectivity index (χ1n) is 16.1. The number of rotatable bonds is 8. The summed E-state index contributed by atoms with van der Waals surface area (Å²) in [7, 11) is -0.986. The zero-order chi connectivity index (χ0) is 30.7. The van der Waals surface area contributed by atoms with Gasteiger partial charge in [0.2, 0.25) is 0 Å². The van der Waals surface area contributed by atoms with Gasteiger partial charge in [0.1, 0.15) is 0 Å². The van der Waals surface area contributed by atoms with Gasteiger partial charge in [-0.05, 0) is 44.9 Å². The molecule has 2 fully saturated rings. The van der Waals surface area contributed by atoms with Crippen molar-refractivity contribution in [1.82, 2.24) is 0 Å². The van der Waals surface area contributed by atoms with E-state index in [-0.39, 0.29) is 30.2 Å². The smallest absolute Gasteiger partial charge is 0.401 e. The van der Waals surface area contributed by atoms with E-state index in [1.165, 1.54) is 10.8 Å². The summed E-state index contributed by atoms with van der Waals surface area (Å²) in [5.41, 5.74) is 5.52. The van der Waals surface area contributed by atoms with E-state index in [2.05, 4.69) is 140 Å². The molecule has 6 aromatic rings. The third-order valence-corrected chi connectivity index (χ3v) is 9.20. The van der Waals surface area contributed by atoms with Crippen molar-refractivity contribution in [1.29, 1.82) is 0 Å². The van der Waals surface area contributed by atoms with E-state index in [0.29, 0.717) is 6.32 Å². The van der Waals surface area contributed by atoms with E-state index >= 15 is 0 Å². The molecule has 2 aliphatic heterocycles. The quantitative estimate of drug-likeness (QED) is 0.163. The summed E-state index contributed by atoms with van der Waals surface area (Å²) in [5.74, 6) is -0.152. The van der Waals surface area contributed by atoms with Gasteiger partial charge in [-0.2, -0.15) is 0 Å². The Bertz CT molecular complexity index is 1780. The van der Waals surface area contributed by atoms with Crippen LogP contribution in [0.2, 0.25) is 6.32 Å². The Hall–Kier alpha value is -4.45. The fourth-order valence-corrected chi connectivity index (χ4v) is 6.90. The summed E-state index contributed by atoms with van der Waals surface area (Å²) >= 11 is 0. The van der Waals surface area contributed by atoms with Crippen LogP contribution in [-0.2, 0) is 18.6 Å². The molecular weight excluding hydrogens is 566 g/mol. The highest BCUT2D eigenvalue weighted by molar-refractivity contribution is 6.53. The van der Waals surface area contributed by atoms with Crippen LogP contribution in [0.15, 0.2) is 164 Å². The van der Waals surface area contributed by atoms with Gasteiger partial charge in [-0.1, -0.05) is 164 Å². The van der Waals surface area contributed by atoms with Gasteiger partial charge >= 0.3 is 14.2 Å². The van der Waals surface area contributed by atoms with E-state index in [9.17, 15) is 0 Å². The third-order valence-electron chi connectivity index (χ3n) is 9.20. The van der Waals surface area contributed by atoms with Gasteiger partial charge in [-0.3, -0.25) is 0 Å². The van der Waals surface area contributed by atoms with Gasteiger partial charge < -0.3 is 18.6 Å². The van der Waals surface area contributed by atoms with Crippen LogP contribution in [0.1, 0.15) is 58.1 Å². The number of hydrogen-bond acceptors (Lipinski definition) is 4. The third kappa shape index (κ3) is 5.93. The Morgan fingerprint density at radius 3 is 1.26 bits per heavy atom. The van der Waals surface area contributed by atoms with Crippen molar-refractivity contribution in [2.24, 2.45) is 0 Å². The lowest BCUT2D eigenvalue weighted by Gasteiger charge is -2.21. The highest BCUT2D eigenvalue weighted by atomic mass is 16.7. The highest BCUT2D eigenvalue weighted by Gasteiger charge is 2.50. The molecule has 0 bridgehead atoms. The summed E-state index contributed by atoms with van der Waals surface area (Å²) in [5, 5.41) is 2.38. The van der Waals surface area contributed by atoms with Crippen molar-refractivity contribution >= 4 is 25.0 Å². The molecule has 224 valence electrons. The molecule has 0 aliphatic carbocycles. The Morgan fingerprint density at radius 1 is 0.413 bits per heavy atom. The molecule has 0 amide bonds. The second kappa shape index (κ2) is 13.1. The predicted molar refractivity (Wildman–Crippen MR) is 184 cm³/mol. The largest absolute Gasteiger partial charge is 0.465 e. The van der Waals surface area contributed by atoms with Crippen LogP contribution >= 0.6 is 0 Å². The molecule has 46 heavy (non-hydrogen) atoms. The van der Waals surface area contributed by atoms with Gasteiger partial charge in [0.05, 0.1) is 24.4 Å². The predicted octanol–water partition coefficient (Wildman–Crippen LogP) is 9.50. The van der Waals surface area contributed by atoms with Crippen molar-refractivity contribution in [3.05, 3.63) is 192 Å². The lowest BCUT2D eigenvalue weighted by atomic mass is 9.58. The fourth-order valence-electron chi connectivity index (χ4n) is 6.90. The van der Waals surface area contributed by atoms with E-state index in [0.717, 1.165) is 27.8 Å². The van der Waals surface area contributed by atoms with Gasteiger partial charge in [0.25, 0.3) is 0 Å². The van der Waals surface area contributed by atoms with Gasteiger partial charge in [-0.25, -0.2) is 0 Å². The first-order chi connectivity index (χ1) is 22.8. The minimum Gasteiger partial charge on any atom is -0.401 e. The molecule has 0 unspecified atom stereocenters. The van der Waals surface area contributed by atoms with Crippen molar-refractivity contribution in [2.45, 2.75) is 36.6 Å². The van der Waals surface area contributed by atoms with Gasteiger partial charge in [0.15, 0.2) is 0 Å². The maximum absolute atomic E-state index is 6.94. The summed E-state index contributed by atoms with van der Waals surface area (Å²) < 4.78 is 27.5. The normalized spacial score (nSPS) is 21.9. The Kier molecular flexibility index (Phi) is 8.26. The zero-order valence-corrected chi connectivity index (χ0v) is 25.5. The van der Waals surface area contributed by atoms with Gasteiger partial charge in [0, 0.05) is 5.82 Å². The van der Waals surface area contributed by atoms with Crippen LogP contribution in [0.4, 0.5) is 0 Å². The first-order valence-corrected chi connectivity index (χ1v) is 16.1. The lowest BCUT2D eigenvalue weighted by molar-refractivity contribution is 0.159. The summed E-state index contributed by atoms with van der Waals surface area (Å²) in [6.45, 7) is 0. The molecule has 2 aliphatic rings. The molecule has 2 saturated heterocycles. The molecule has 6 aromatic carbocycles. The molecule has 0 saturated carbocycles. The van der Waals surface area contributed by atoms with Crippen molar-refractivity contribution in [3.8, 4) is 0 Å². The first kappa shape index (κ1) is 29.0.